The Morgan fingerprint density at radius 2 is 1.86 bits per heavy atom. The molecular formula is C27H26F2N4O2. The maximum atomic E-state index is 15.1. The Balaban J connectivity index is 1.63. The van der Waals surface area contributed by atoms with E-state index >= 15 is 4.39 Å². The fourth-order valence-corrected chi connectivity index (χ4v) is 3.87. The van der Waals surface area contributed by atoms with Crippen molar-refractivity contribution >= 4 is 5.91 Å². The molecular weight excluding hydrogens is 450 g/mol. The molecule has 4 rings (SSSR count). The molecule has 1 N–H and O–H groups in total. The summed E-state index contributed by atoms with van der Waals surface area (Å²) in [4.78, 5) is 19.7. The molecule has 0 fully saturated rings. The Labute approximate surface area is 202 Å². The third-order valence-electron chi connectivity index (χ3n) is 5.66. The molecule has 0 unspecified atom stereocenters. The minimum atomic E-state index is -0.535. The van der Waals surface area contributed by atoms with E-state index in [9.17, 15) is 9.18 Å². The number of H-pyrrole nitrogens is 1. The number of nitrogens with zero attached hydrogens (tertiary/aromatic N) is 3. The number of carbonyl (C=O) groups is 1. The smallest absolute Gasteiger partial charge is 0.254 e. The number of nitrogens with one attached hydrogen (secondary N) is 1. The molecule has 0 aliphatic rings. The lowest BCUT2D eigenvalue weighted by molar-refractivity contribution is 0.0739. The molecule has 0 atom stereocenters. The number of ether oxygens (including phenoxy) is 1. The van der Waals surface area contributed by atoms with E-state index in [1.54, 1.807) is 42.5 Å². The molecule has 2 aromatic heterocycles. The van der Waals surface area contributed by atoms with Crippen LogP contribution in [0.2, 0.25) is 0 Å². The Bertz CT molecular complexity index is 1260. The average molecular weight is 477 g/mol. The number of hydrogen-bond donors (Lipinski definition) is 1. The molecule has 0 spiro atoms. The van der Waals surface area contributed by atoms with Crippen molar-refractivity contribution in [3.63, 3.8) is 0 Å². The predicted octanol–water partition coefficient (Wildman–Crippen LogP) is 5.14. The van der Waals surface area contributed by atoms with E-state index in [0.717, 1.165) is 5.69 Å². The van der Waals surface area contributed by atoms with E-state index in [1.807, 2.05) is 18.2 Å². The van der Waals surface area contributed by atoms with Crippen LogP contribution < -0.4 is 0 Å². The molecule has 180 valence electrons. The molecule has 0 aliphatic heterocycles. The molecule has 2 aromatic carbocycles. The number of aromatic amines is 1. The SMILES string of the molecule is COCCCN(CCc1ccccn1)C(=O)c1cccc(F)c1-c1cc(-c2ccc(F)cc2)n[nH]1. The van der Waals surface area contributed by atoms with Crippen LogP contribution in [0.15, 0.2) is 72.9 Å². The molecule has 4 aromatic rings. The Hall–Kier alpha value is -3.91. The van der Waals surface area contributed by atoms with Crippen LogP contribution in [0.1, 0.15) is 22.5 Å². The minimum absolute atomic E-state index is 0.146. The number of benzene rings is 2. The van der Waals surface area contributed by atoms with Crippen molar-refractivity contribution < 1.29 is 18.3 Å². The molecule has 1 amide bonds. The standard InChI is InChI=1S/C27H26F2N4O2/c1-35-17-5-15-33(16-13-21-6-2-3-14-30-21)27(34)22-7-4-8-23(29)26(22)25-18-24(31-32-25)19-9-11-20(28)12-10-19/h2-4,6-12,14,18H,5,13,15-17H2,1H3,(H,31,32). The number of carbonyl (C=O) groups excluding carboxylic acids is 1. The first-order chi connectivity index (χ1) is 17.1. The second-order valence-electron chi connectivity index (χ2n) is 8.05. The number of rotatable bonds is 10. The summed E-state index contributed by atoms with van der Waals surface area (Å²) < 4.78 is 33.5. The zero-order valence-electron chi connectivity index (χ0n) is 19.4. The summed E-state index contributed by atoms with van der Waals surface area (Å²) >= 11 is 0. The molecule has 0 saturated carbocycles. The average Bonchev–Trinajstić information content (AvgIpc) is 3.36. The highest BCUT2D eigenvalue weighted by Gasteiger charge is 2.23. The minimum Gasteiger partial charge on any atom is -0.385 e. The first kappa shape index (κ1) is 24.2. The van der Waals surface area contributed by atoms with Gasteiger partial charge in [-0.2, -0.15) is 5.10 Å². The van der Waals surface area contributed by atoms with Crippen molar-refractivity contribution in [1.29, 1.82) is 0 Å². The fraction of sp³-hybridized carbons (Fsp3) is 0.222. The van der Waals surface area contributed by atoms with Crippen molar-refractivity contribution in [2.75, 3.05) is 26.8 Å². The summed E-state index contributed by atoms with van der Waals surface area (Å²) in [6, 6.07) is 17.6. The van der Waals surface area contributed by atoms with Gasteiger partial charge in [-0.05, 0) is 61.0 Å². The molecule has 0 aliphatic carbocycles. The zero-order valence-corrected chi connectivity index (χ0v) is 19.4. The molecule has 0 saturated heterocycles. The molecule has 35 heavy (non-hydrogen) atoms. The number of methoxy groups -OCH3 is 1. The number of pyridine rings is 1. The van der Waals surface area contributed by atoms with Gasteiger partial charge in [-0.15, -0.1) is 0 Å². The summed E-state index contributed by atoms with van der Waals surface area (Å²) in [5.74, 6) is -1.18. The van der Waals surface area contributed by atoms with Crippen LogP contribution in [0.25, 0.3) is 22.5 Å². The zero-order chi connectivity index (χ0) is 24.6. The van der Waals surface area contributed by atoms with Crippen molar-refractivity contribution in [2.24, 2.45) is 0 Å². The molecule has 2 heterocycles. The van der Waals surface area contributed by atoms with Crippen LogP contribution >= 0.6 is 0 Å². The maximum absolute atomic E-state index is 15.1. The molecule has 6 nitrogen and oxygen atoms in total. The maximum Gasteiger partial charge on any atom is 0.254 e. The van der Waals surface area contributed by atoms with E-state index in [4.69, 9.17) is 4.74 Å². The first-order valence-electron chi connectivity index (χ1n) is 11.3. The van der Waals surface area contributed by atoms with E-state index in [1.165, 1.54) is 24.3 Å². The number of aromatic nitrogens is 3. The number of halogens is 2. The third-order valence-corrected chi connectivity index (χ3v) is 5.66. The van der Waals surface area contributed by atoms with Gasteiger partial charge in [0.05, 0.1) is 17.0 Å². The second kappa shape index (κ2) is 11.5. The largest absolute Gasteiger partial charge is 0.385 e. The Morgan fingerprint density at radius 1 is 1.03 bits per heavy atom. The Kier molecular flexibility index (Phi) is 7.95. The second-order valence-corrected chi connectivity index (χ2v) is 8.05. The summed E-state index contributed by atoms with van der Waals surface area (Å²) in [6.45, 7) is 1.39. The van der Waals surface area contributed by atoms with E-state index in [0.29, 0.717) is 49.5 Å². The summed E-state index contributed by atoms with van der Waals surface area (Å²) in [6.07, 6.45) is 2.94. The van der Waals surface area contributed by atoms with Crippen LogP contribution in [-0.4, -0.2) is 52.8 Å². The Morgan fingerprint density at radius 3 is 2.60 bits per heavy atom. The van der Waals surface area contributed by atoms with E-state index in [2.05, 4.69) is 15.2 Å². The lowest BCUT2D eigenvalue weighted by atomic mass is 10.0. The lowest BCUT2D eigenvalue weighted by Crippen LogP contribution is -2.35. The summed E-state index contributed by atoms with van der Waals surface area (Å²) in [7, 11) is 1.61. The fourth-order valence-electron chi connectivity index (χ4n) is 3.87. The van der Waals surface area contributed by atoms with Gasteiger partial charge in [0.1, 0.15) is 11.6 Å². The van der Waals surface area contributed by atoms with Gasteiger partial charge in [0.2, 0.25) is 0 Å². The van der Waals surface area contributed by atoms with Crippen molar-refractivity contribution in [3.8, 4) is 22.5 Å². The van der Waals surface area contributed by atoms with Gasteiger partial charge in [-0.1, -0.05) is 12.1 Å². The van der Waals surface area contributed by atoms with Crippen LogP contribution in [0.5, 0.6) is 0 Å². The normalized spacial score (nSPS) is 10.9. The van der Waals surface area contributed by atoms with Gasteiger partial charge < -0.3 is 9.64 Å². The van der Waals surface area contributed by atoms with Gasteiger partial charge in [0.15, 0.2) is 0 Å². The topological polar surface area (TPSA) is 71.1 Å². The molecule has 0 bridgehead atoms. The first-order valence-corrected chi connectivity index (χ1v) is 11.3. The van der Waals surface area contributed by atoms with Gasteiger partial charge >= 0.3 is 0 Å². The number of amides is 1. The predicted molar refractivity (Wildman–Crippen MR) is 130 cm³/mol. The van der Waals surface area contributed by atoms with Crippen molar-refractivity contribution in [2.45, 2.75) is 12.8 Å². The highest BCUT2D eigenvalue weighted by molar-refractivity contribution is 6.00. The summed E-state index contributed by atoms with van der Waals surface area (Å²) in [5.41, 5.74) is 2.82. The van der Waals surface area contributed by atoms with Gasteiger partial charge in [-0.3, -0.25) is 14.9 Å². The highest BCUT2D eigenvalue weighted by Crippen LogP contribution is 2.30. The van der Waals surface area contributed by atoms with Crippen LogP contribution in [0.4, 0.5) is 8.78 Å². The van der Waals surface area contributed by atoms with Crippen LogP contribution in [0.3, 0.4) is 0 Å². The van der Waals surface area contributed by atoms with E-state index in [-0.39, 0.29) is 22.9 Å². The summed E-state index contributed by atoms with van der Waals surface area (Å²) in [5, 5.41) is 7.09. The monoisotopic (exact) mass is 476 g/mol. The van der Waals surface area contributed by atoms with Gasteiger partial charge in [-0.25, -0.2) is 8.78 Å². The van der Waals surface area contributed by atoms with E-state index < -0.39 is 5.82 Å². The third kappa shape index (κ3) is 5.96. The van der Waals surface area contributed by atoms with Crippen LogP contribution in [-0.2, 0) is 11.2 Å². The quantitative estimate of drug-likeness (QED) is 0.322. The van der Waals surface area contributed by atoms with Crippen molar-refractivity contribution in [1.82, 2.24) is 20.1 Å². The lowest BCUT2D eigenvalue weighted by Gasteiger charge is -2.24. The van der Waals surface area contributed by atoms with Gasteiger partial charge in [0, 0.05) is 56.2 Å². The van der Waals surface area contributed by atoms with Gasteiger partial charge in [0.25, 0.3) is 5.91 Å². The van der Waals surface area contributed by atoms with Crippen LogP contribution in [0, 0.1) is 11.6 Å². The van der Waals surface area contributed by atoms with Crippen molar-refractivity contribution in [3.05, 3.63) is 95.8 Å². The number of hydrogen-bond acceptors (Lipinski definition) is 4. The molecule has 8 heteroatoms. The molecule has 0 radical (unpaired) electrons. The highest BCUT2D eigenvalue weighted by atomic mass is 19.1.